The minimum absolute atomic E-state index is 0.392. The highest BCUT2D eigenvalue weighted by atomic mass is 32.1. The fraction of sp³-hybridized carbons (Fsp3) is 0.429. The Morgan fingerprint density at radius 1 is 1.25 bits per heavy atom. The highest BCUT2D eigenvalue weighted by Gasteiger charge is 2.12. The Kier molecular flexibility index (Phi) is 5.51. The van der Waals surface area contributed by atoms with E-state index < -0.39 is 5.91 Å². The van der Waals surface area contributed by atoms with E-state index in [1.54, 1.807) is 12.4 Å². The second kappa shape index (κ2) is 7.99. The maximum atomic E-state index is 11.1. The van der Waals surface area contributed by atoms with Crippen LogP contribution >= 0.6 is 11.3 Å². The lowest BCUT2D eigenvalue weighted by Gasteiger charge is -2.26. The number of nitrogens with two attached hydrogens (primary N) is 1. The number of amides is 1. The molecule has 2 aromatic heterocycles. The van der Waals surface area contributed by atoms with Crippen molar-refractivity contribution in [3.63, 3.8) is 0 Å². The zero-order chi connectivity index (χ0) is 16.8. The summed E-state index contributed by atoms with van der Waals surface area (Å²) in [6, 6.07) is 0. The number of morpholine rings is 1. The maximum Gasteiger partial charge on any atom is 0.260 e. The van der Waals surface area contributed by atoms with Gasteiger partial charge in [-0.05, 0) is 0 Å². The maximum absolute atomic E-state index is 11.1. The normalized spacial score (nSPS) is 15.2. The van der Waals surface area contributed by atoms with Crippen molar-refractivity contribution in [3.8, 4) is 0 Å². The molecule has 1 amide bonds. The predicted molar refractivity (Wildman–Crippen MR) is 91.7 cm³/mol. The number of thiazole rings is 1. The molecule has 0 bridgehead atoms. The molecule has 0 saturated carbocycles. The number of nitrogens with one attached hydrogen (secondary N) is 2. The molecule has 4 N–H and O–H groups in total. The molecule has 24 heavy (non-hydrogen) atoms. The molecule has 10 heteroatoms. The van der Waals surface area contributed by atoms with E-state index in [0.29, 0.717) is 21.6 Å². The van der Waals surface area contributed by atoms with E-state index in [2.05, 4.69) is 30.5 Å². The zero-order valence-corrected chi connectivity index (χ0v) is 13.9. The van der Waals surface area contributed by atoms with Crippen LogP contribution < -0.4 is 16.4 Å². The summed E-state index contributed by atoms with van der Waals surface area (Å²) in [5.74, 6) is 0.704. The van der Waals surface area contributed by atoms with Gasteiger partial charge in [0.1, 0.15) is 4.88 Å². The third kappa shape index (κ3) is 4.37. The first-order valence-corrected chi connectivity index (χ1v) is 8.41. The number of hydrogen-bond acceptors (Lipinski definition) is 9. The highest BCUT2D eigenvalue weighted by Crippen LogP contribution is 2.24. The van der Waals surface area contributed by atoms with Crippen LogP contribution in [-0.4, -0.2) is 65.2 Å². The number of primary amides is 1. The molecular weight excluding hydrogens is 330 g/mol. The van der Waals surface area contributed by atoms with Gasteiger partial charge in [-0.2, -0.15) is 0 Å². The monoisotopic (exact) mass is 349 g/mol. The highest BCUT2D eigenvalue weighted by molar-refractivity contribution is 7.17. The third-order valence-electron chi connectivity index (χ3n) is 3.50. The van der Waals surface area contributed by atoms with Crippen LogP contribution in [0, 0.1) is 0 Å². The van der Waals surface area contributed by atoms with Crippen LogP contribution in [0.1, 0.15) is 9.67 Å². The molecule has 0 atom stereocenters. The first-order valence-electron chi connectivity index (χ1n) is 7.60. The van der Waals surface area contributed by atoms with Gasteiger partial charge in [0.05, 0.1) is 19.4 Å². The van der Waals surface area contributed by atoms with E-state index in [9.17, 15) is 4.79 Å². The van der Waals surface area contributed by atoms with E-state index in [-0.39, 0.29) is 0 Å². The summed E-state index contributed by atoms with van der Waals surface area (Å²) in [6.45, 7) is 5.11. The van der Waals surface area contributed by atoms with Crippen molar-refractivity contribution >= 4 is 34.0 Å². The lowest BCUT2D eigenvalue weighted by Crippen LogP contribution is -2.39. The number of anilines is 3. The van der Waals surface area contributed by atoms with Gasteiger partial charge in [0.25, 0.3) is 5.91 Å². The number of nitrogens with zero attached hydrogens (tertiary/aromatic N) is 4. The fourth-order valence-electron chi connectivity index (χ4n) is 2.26. The second-order valence-electron chi connectivity index (χ2n) is 5.15. The van der Waals surface area contributed by atoms with Gasteiger partial charge in [0, 0.05) is 38.6 Å². The van der Waals surface area contributed by atoms with Crippen LogP contribution in [0.3, 0.4) is 0 Å². The van der Waals surface area contributed by atoms with Crippen LogP contribution in [0.2, 0.25) is 0 Å². The molecule has 1 saturated heterocycles. The average molecular weight is 349 g/mol. The molecule has 0 radical (unpaired) electrons. The van der Waals surface area contributed by atoms with E-state index in [1.165, 1.54) is 17.5 Å². The molecule has 0 spiro atoms. The second-order valence-corrected chi connectivity index (χ2v) is 6.18. The molecule has 0 aliphatic carbocycles. The number of aromatic nitrogens is 3. The van der Waals surface area contributed by atoms with Crippen molar-refractivity contribution in [2.24, 2.45) is 5.73 Å². The molecule has 0 unspecified atom stereocenters. The van der Waals surface area contributed by atoms with Crippen LogP contribution in [-0.2, 0) is 4.74 Å². The molecule has 2 aromatic rings. The minimum atomic E-state index is -0.497. The van der Waals surface area contributed by atoms with Crippen molar-refractivity contribution in [3.05, 3.63) is 23.5 Å². The number of rotatable bonds is 7. The lowest BCUT2D eigenvalue weighted by molar-refractivity contribution is 0.0398. The molecule has 1 fully saturated rings. The van der Waals surface area contributed by atoms with Gasteiger partial charge in [-0.1, -0.05) is 11.3 Å². The molecule has 0 aromatic carbocycles. The lowest BCUT2D eigenvalue weighted by atomic mass is 10.4. The van der Waals surface area contributed by atoms with E-state index in [4.69, 9.17) is 10.5 Å². The van der Waals surface area contributed by atoms with Crippen LogP contribution in [0.5, 0.6) is 0 Å². The van der Waals surface area contributed by atoms with Crippen LogP contribution in [0.15, 0.2) is 18.6 Å². The fourth-order valence-corrected chi connectivity index (χ4v) is 2.93. The number of ether oxygens (including phenoxy) is 1. The Hall–Kier alpha value is -2.30. The Morgan fingerprint density at radius 3 is 2.71 bits per heavy atom. The van der Waals surface area contributed by atoms with E-state index in [1.807, 2.05) is 0 Å². The van der Waals surface area contributed by atoms with Gasteiger partial charge in [0.15, 0.2) is 16.8 Å². The number of carbonyl (C=O) groups excluding carboxylic acids is 1. The molecule has 3 heterocycles. The van der Waals surface area contributed by atoms with Crippen molar-refractivity contribution in [2.75, 3.05) is 50.0 Å². The van der Waals surface area contributed by atoms with E-state index in [0.717, 1.165) is 39.4 Å². The van der Waals surface area contributed by atoms with Crippen molar-refractivity contribution < 1.29 is 9.53 Å². The Morgan fingerprint density at radius 2 is 2.00 bits per heavy atom. The van der Waals surface area contributed by atoms with Crippen molar-refractivity contribution in [1.29, 1.82) is 0 Å². The smallest absolute Gasteiger partial charge is 0.260 e. The summed E-state index contributed by atoms with van der Waals surface area (Å²) < 4.78 is 5.34. The van der Waals surface area contributed by atoms with Gasteiger partial charge >= 0.3 is 0 Å². The molecule has 1 aliphatic heterocycles. The minimum Gasteiger partial charge on any atom is -0.379 e. The van der Waals surface area contributed by atoms with Gasteiger partial charge in [0.2, 0.25) is 0 Å². The van der Waals surface area contributed by atoms with Gasteiger partial charge in [-0.15, -0.1) is 0 Å². The summed E-state index contributed by atoms with van der Waals surface area (Å²) in [4.78, 5) is 26.6. The van der Waals surface area contributed by atoms with Crippen molar-refractivity contribution in [2.45, 2.75) is 0 Å². The summed E-state index contributed by atoms with van der Waals surface area (Å²) in [6.07, 6.45) is 4.66. The van der Waals surface area contributed by atoms with E-state index >= 15 is 0 Å². The SMILES string of the molecule is NC(=O)c1cnc(Nc2nccnc2NCCN2CCOCC2)s1. The molecule has 128 valence electrons. The van der Waals surface area contributed by atoms with Crippen LogP contribution in [0.4, 0.5) is 16.8 Å². The Bertz CT molecular complexity index is 687. The summed E-state index contributed by atoms with van der Waals surface area (Å²) >= 11 is 1.18. The van der Waals surface area contributed by atoms with Crippen LogP contribution in [0.25, 0.3) is 0 Å². The molecule has 9 nitrogen and oxygen atoms in total. The summed E-state index contributed by atoms with van der Waals surface area (Å²) in [5.41, 5.74) is 5.24. The summed E-state index contributed by atoms with van der Waals surface area (Å²) in [7, 11) is 0. The Balaban J connectivity index is 1.58. The Labute approximate surface area is 143 Å². The summed E-state index contributed by atoms with van der Waals surface area (Å²) in [5, 5.41) is 6.89. The quantitative estimate of drug-likeness (QED) is 0.662. The largest absolute Gasteiger partial charge is 0.379 e. The molecular formula is C14H19N7O2S. The standard InChI is InChI=1S/C14H19N7O2S/c15-11(22)10-9-19-14(24-10)20-13-12(16-1-2-17-13)18-3-4-21-5-7-23-8-6-21/h1-2,9H,3-8H2,(H2,15,22)(H,16,18)(H,17,19,20). The number of carbonyl (C=O) groups is 1. The number of hydrogen-bond donors (Lipinski definition) is 3. The molecule has 1 aliphatic rings. The molecule has 3 rings (SSSR count). The first-order chi connectivity index (χ1) is 11.7. The van der Waals surface area contributed by atoms with Crippen molar-refractivity contribution in [1.82, 2.24) is 19.9 Å². The van der Waals surface area contributed by atoms with Gasteiger partial charge in [-0.3, -0.25) is 9.69 Å². The zero-order valence-electron chi connectivity index (χ0n) is 13.1. The van der Waals surface area contributed by atoms with Gasteiger partial charge < -0.3 is 21.1 Å². The first kappa shape index (κ1) is 16.6. The predicted octanol–water partition coefficient (Wildman–Crippen LogP) is 0.520. The average Bonchev–Trinajstić information content (AvgIpc) is 3.06. The topological polar surface area (TPSA) is 118 Å². The van der Waals surface area contributed by atoms with Gasteiger partial charge in [-0.25, -0.2) is 15.0 Å². The third-order valence-corrected chi connectivity index (χ3v) is 4.42.